The Morgan fingerprint density at radius 3 is 2.71 bits per heavy atom. The fourth-order valence-electron chi connectivity index (χ4n) is 1.49. The lowest BCUT2D eigenvalue weighted by Crippen LogP contribution is -2.21. The monoisotopic (exact) mass is 238 g/mol. The molecule has 1 amide bonds. The summed E-state index contributed by atoms with van der Waals surface area (Å²) >= 11 is 0. The van der Waals surface area contributed by atoms with E-state index in [0.717, 1.165) is 0 Å². The zero-order valence-electron chi connectivity index (χ0n) is 9.46. The van der Waals surface area contributed by atoms with Crippen LogP contribution in [-0.2, 0) is 4.79 Å². The first-order valence-electron chi connectivity index (χ1n) is 5.09. The van der Waals surface area contributed by atoms with Gasteiger partial charge in [0.2, 0.25) is 5.91 Å². The van der Waals surface area contributed by atoms with Gasteiger partial charge in [0.1, 0.15) is 5.82 Å². The number of rotatable bonds is 5. The molecule has 0 aliphatic carbocycles. The normalized spacial score (nSPS) is 11.9. The number of amides is 1. The Bertz CT molecular complexity index is 447. The van der Waals surface area contributed by atoms with E-state index in [4.69, 9.17) is 17.0 Å². The van der Waals surface area contributed by atoms with E-state index >= 15 is 0 Å². The summed E-state index contributed by atoms with van der Waals surface area (Å²) in [6, 6.07) is 4.21. The Labute approximate surface area is 98.5 Å². The maximum Gasteiger partial charge on any atom is 0.218 e. The van der Waals surface area contributed by atoms with Crippen molar-refractivity contribution in [3.63, 3.8) is 0 Å². The number of primary amides is 1. The van der Waals surface area contributed by atoms with Crippen LogP contribution in [0.2, 0.25) is 0 Å². The maximum absolute atomic E-state index is 13.4. The van der Waals surface area contributed by atoms with Gasteiger partial charge in [-0.05, 0) is 17.7 Å². The Hall–Kier alpha value is -1.95. The second kappa shape index (κ2) is 5.40. The minimum absolute atomic E-state index is 0.0668. The van der Waals surface area contributed by atoms with Crippen molar-refractivity contribution in [3.8, 4) is 0 Å². The average Bonchev–Trinajstić information content (AvgIpc) is 2.27. The van der Waals surface area contributed by atoms with Gasteiger partial charge in [-0.2, -0.15) is 0 Å². The van der Waals surface area contributed by atoms with Gasteiger partial charge in [-0.15, -0.1) is 0 Å². The molecule has 0 bridgehead atoms. The highest BCUT2D eigenvalue weighted by Gasteiger charge is 2.15. The highest BCUT2D eigenvalue weighted by atomic mass is 19.1. The van der Waals surface area contributed by atoms with Crippen molar-refractivity contribution < 1.29 is 9.18 Å². The lowest BCUT2D eigenvalue weighted by Gasteiger charge is -2.12. The topological polar surface area (TPSA) is 105 Å². The lowest BCUT2D eigenvalue weighted by molar-refractivity contribution is -0.118. The van der Waals surface area contributed by atoms with Crippen molar-refractivity contribution in [2.24, 2.45) is 17.5 Å². The Balaban J connectivity index is 2.89. The summed E-state index contributed by atoms with van der Waals surface area (Å²) in [5.41, 5.74) is 7.99. The van der Waals surface area contributed by atoms with E-state index in [1.54, 1.807) is 13.0 Å². The van der Waals surface area contributed by atoms with Crippen LogP contribution in [0.4, 0.5) is 10.1 Å². The van der Waals surface area contributed by atoms with Crippen molar-refractivity contribution in [2.75, 3.05) is 5.43 Å². The Kier molecular flexibility index (Phi) is 4.17. The highest BCUT2D eigenvalue weighted by molar-refractivity contribution is 6.01. The third-order valence-corrected chi connectivity index (χ3v) is 2.44. The molecule has 17 heavy (non-hydrogen) atoms. The van der Waals surface area contributed by atoms with Crippen molar-refractivity contribution in [1.82, 2.24) is 0 Å². The lowest BCUT2D eigenvalue weighted by atomic mass is 9.95. The molecule has 0 saturated carbocycles. The molecule has 92 valence electrons. The number of anilines is 1. The highest BCUT2D eigenvalue weighted by Crippen LogP contribution is 2.18. The molecule has 0 aliphatic rings. The molecular weight excluding hydrogens is 223 g/mol. The number of hydrogen-bond acceptors (Lipinski definition) is 4. The van der Waals surface area contributed by atoms with E-state index < -0.39 is 11.7 Å². The van der Waals surface area contributed by atoms with E-state index in [1.807, 2.05) is 0 Å². The summed E-state index contributed by atoms with van der Waals surface area (Å²) in [4.78, 5) is 10.7. The molecule has 0 aliphatic heterocycles. The van der Waals surface area contributed by atoms with Crippen LogP contribution in [0.5, 0.6) is 0 Å². The Morgan fingerprint density at radius 2 is 2.24 bits per heavy atom. The average molecular weight is 238 g/mol. The molecule has 0 fully saturated rings. The number of nitrogen functional groups attached to an aromatic ring is 1. The fourth-order valence-corrected chi connectivity index (χ4v) is 1.49. The first-order chi connectivity index (χ1) is 7.95. The molecule has 1 aromatic rings. The van der Waals surface area contributed by atoms with Crippen molar-refractivity contribution in [3.05, 3.63) is 29.6 Å². The molecule has 0 unspecified atom stereocenters. The number of carbonyl (C=O) groups excluding carboxylic acids is 1. The smallest absolute Gasteiger partial charge is 0.218 e. The third-order valence-electron chi connectivity index (χ3n) is 2.44. The molecular formula is C11H15FN4O. The van der Waals surface area contributed by atoms with Crippen molar-refractivity contribution in [2.45, 2.75) is 13.3 Å². The predicted molar refractivity (Wildman–Crippen MR) is 64.0 cm³/mol. The third kappa shape index (κ3) is 3.25. The number of nitrogens with one attached hydrogen (secondary N) is 2. The molecule has 1 aromatic carbocycles. The van der Waals surface area contributed by atoms with Gasteiger partial charge in [-0.3, -0.25) is 10.6 Å². The Morgan fingerprint density at radius 1 is 1.59 bits per heavy atom. The molecule has 0 spiro atoms. The van der Waals surface area contributed by atoms with Gasteiger partial charge in [-0.25, -0.2) is 4.39 Å². The van der Waals surface area contributed by atoms with Gasteiger partial charge in [-0.1, -0.05) is 13.0 Å². The molecule has 6 heteroatoms. The van der Waals surface area contributed by atoms with Crippen LogP contribution in [0, 0.1) is 17.1 Å². The molecule has 0 aromatic heterocycles. The van der Waals surface area contributed by atoms with E-state index in [2.05, 4.69) is 5.43 Å². The number of carbonyl (C=O) groups is 1. The van der Waals surface area contributed by atoms with Crippen LogP contribution in [0.3, 0.4) is 0 Å². The molecule has 0 radical (unpaired) electrons. The number of halogens is 1. The summed E-state index contributed by atoms with van der Waals surface area (Å²) in [5.74, 6) is 3.73. The van der Waals surface area contributed by atoms with Crippen LogP contribution in [0.15, 0.2) is 18.2 Å². The summed E-state index contributed by atoms with van der Waals surface area (Å²) in [5, 5.41) is 7.83. The molecule has 6 N–H and O–H groups in total. The minimum Gasteiger partial charge on any atom is -0.370 e. The predicted octanol–water partition coefficient (Wildman–Crippen LogP) is 0.991. The quantitative estimate of drug-likeness (QED) is 0.349. The molecule has 1 rings (SSSR count). The first-order valence-corrected chi connectivity index (χ1v) is 5.09. The minimum atomic E-state index is -0.541. The number of nitrogens with two attached hydrogens (primary N) is 2. The van der Waals surface area contributed by atoms with Crippen LogP contribution < -0.4 is 17.0 Å². The van der Waals surface area contributed by atoms with Crippen LogP contribution >= 0.6 is 0 Å². The maximum atomic E-state index is 13.4. The van der Waals surface area contributed by atoms with Crippen LogP contribution in [0.25, 0.3) is 0 Å². The van der Waals surface area contributed by atoms with Gasteiger partial charge in [0.15, 0.2) is 0 Å². The second-order valence-electron chi connectivity index (χ2n) is 3.82. The number of benzene rings is 1. The summed E-state index contributed by atoms with van der Waals surface area (Å²) in [6.45, 7) is 1.69. The van der Waals surface area contributed by atoms with Gasteiger partial charge in [0, 0.05) is 18.1 Å². The van der Waals surface area contributed by atoms with Crippen molar-refractivity contribution >= 4 is 17.3 Å². The van der Waals surface area contributed by atoms with E-state index in [0.29, 0.717) is 5.56 Å². The largest absolute Gasteiger partial charge is 0.370 e. The van der Waals surface area contributed by atoms with Crippen molar-refractivity contribution in [1.29, 1.82) is 5.41 Å². The SMILES string of the molecule is C[C@H](CC(N)=O)C(=N)c1ccc(NN)c(F)c1. The zero-order valence-corrected chi connectivity index (χ0v) is 9.46. The van der Waals surface area contributed by atoms with Crippen LogP contribution in [0.1, 0.15) is 18.9 Å². The van der Waals surface area contributed by atoms with Crippen LogP contribution in [-0.4, -0.2) is 11.6 Å². The summed E-state index contributed by atoms with van der Waals surface area (Å²) in [6.07, 6.45) is 0.0668. The number of hydrogen-bond donors (Lipinski definition) is 4. The standard InChI is InChI=1S/C11H15FN4O/c1-6(4-10(13)17)11(14)7-2-3-9(16-15)8(12)5-7/h2-3,5-6,14,16H,4,15H2,1H3,(H2,13,17)/t6-/m1/s1. The van der Waals surface area contributed by atoms with Gasteiger partial charge in [0.05, 0.1) is 5.69 Å². The molecule has 0 saturated heterocycles. The summed E-state index contributed by atoms with van der Waals surface area (Å²) in [7, 11) is 0. The second-order valence-corrected chi connectivity index (χ2v) is 3.82. The van der Waals surface area contributed by atoms with Gasteiger partial charge < -0.3 is 16.6 Å². The van der Waals surface area contributed by atoms with E-state index in [1.165, 1.54) is 12.1 Å². The van der Waals surface area contributed by atoms with E-state index in [9.17, 15) is 9.18 Å². The van der Waals surface area contributed by atoms with E-state index in [-0.39, 0.29) is 23.7 Å². The molecule has 5 nitrogen and oxygen atoms in total. The molecule has 0 heterocycles. The van der Waals surface area contributed by atoms with Gasteiger partial charge >= 0.3 is 0 Å². The molecule has 1 atom stereocenters. The summed E-state index contributed by atoms with van der Waals surface area (Å²) < 4.78 is 13.4. The number of hydrazine groups is 1. The van der Waals surface area contributed by atoms with Gasteiger partial charge in [0.25, 0.3) is 0 Å². The zero-order chi connectivity index (χ0) is 13.0. The first kappa shape index (κ1) is 13.1. The fraction of sp³-hybridized carbons (Fsp3) is 0.273.